The number of aryl methyl sites for hydroxylation is 1. The maximum absolute atomic E-state index is 12.3. The minimum Gasteiger partial charge on any atom is -0.354 e. The number of anilines is 1. The van der Waals surface area contributed by atoms with Crippen molar-refractivity contribution in [3.8, 4) is 6.07 Å². The number of nitrogens with one attached hydrogen (secondary N) is 1. The highest BCUT2D eigenvalue weighted by molar-refractivity contribution is 5.78. The molecule has 2 heterocycles. The molecular formula is C20H29N5O. The molecule has 2 atom stereocenters. The van der Waals surface area contributed by atoms with E-state index in [1.807, 2.05) is 19.1 Å². The van der Waals surface area contributed by atoms with E-state index in [0.29, 0.717) is 18.3 Å². The summed E-state index contributed by atoms with van der Waals surface area (Å²) in [4.78, 5) is 21.2. The maximum Gasteiger partial charge on any atom is 0.234 e. The second-order valence-electron chi connectivity index (χ2n) is 7.75. The number of amides is 1. The van der Waals surface area contributed by atoms with Gasteiger partial charge in [-0.1, -0.05) is 25.8 Å². The molecule has 0 spiro atoms. The summed E-state index contributed by atoms with van der Waals surface area (Å²) < 4.78 is 0. The van der Waals surface area contributed by atoms with Crippen LogP contribution in [0.5, 0.6) is 0 Å². The van der Waals surface area contributed by atoms with Crippen molar-refractivity contribution in [1.29, 1.82) is 5.26 Å². The lowest BCUT2D eigenvalue weighted by molar-refractivity contribution is -0.123. The SMILES string of the molecule is Cc1ccc(N2CCN(CC(=O)NC3CCCC(C)C3)CC2)nc1C#N. The number of rotatable bonds is 4. The van der Waals surface area contributed by atoms with E-state index >= 15 is 0 Å². The Kier molecular flexibility index (Phi) is 6.10. The third kappa shape index (κ3) is 4.73. The van der Waals surface area contributed by atoms with Crippen LogP contribution in [0.3, 0.4) is 0 Å². The summed E-state index contributed by atoms with van der Waals surface area (Å²) in [6.45, 7) is 7.98. The summed E-state index contributed by atoms with van der Waals surface area (Å²) in [6.07, 6.45) is 4.73. The Hall–Kier alpha value is -2.13. The third-order valence-corrected chi connectivity index (χ3v) is 5.55. The van der Waals surface area contributed by atoms with E-state index in [2.05, 4.69) is 33.1 Å². The van der Waals surface area contributed by atoms with Crippen LogP contribution in [-0.2, 0) is 4.79 Å². The topological polar surface area (TPSA) is 72.3 Å². The highest BCUT2D eigenvalue weighted by Gasteiger charge is 2.23. The minimum atomic E-state index is 0.151. The average Bonchev–Trinajstić information content (AvgIpc) is 2.63. The lowest BCUT2D eigenvalue weighted by atomic mass is 9.87. The van der Waals surface area contributed by atoms with Gasteiger partial charge in [0.15, 0.2) is 0 Å². The van der Waals surface area contributed by atoms with Crippen LogP contribution in [0.4, 0.5) is 5.82 Å². The molecule has 26 heavy (non-hydrogen) atoms. The first-order valence-electron chi connectivity index (χ1n) is 9.69. The summed E-state index contributed by atoms with van der Waals surface area (Å²) in [5.74, 6) is 1.73. The van der Waals surface area contributed by atoms with Crippen molar-refractivity contribution in [2.45, 2.75) is 45.6 Å². The van der Waals surface area contributed by atoms with Gasteiger partial charge in [0.1, 0.15) is 17.6 Å². The fraction of sp³-hybridized carbons (Fsp3) is 0.650. The number of hydrogen-bond acceptors (Lipinski definition) is 5. The number of nitrogens with zero attached hydrogens (tertiary/aromatic N) is 4. The normalized spacial score (nSPS) is 24.1. The van der Waals surface area contributed by atoms with Gasteiger partial charge in [-0.05, 0) is 37.3 Å². The van der Waals surface area contributed by atoms with Gasteiger partial charge in [0.2, 0.25) is 5.91 Å². The second-order valence-corrected chi connectivity index (χ2v) is 7.75. The first-order chi connectivity index (χ1) is 12.5. The van der Waals surface area contributed by atoms with Crippen LogP contribution in [0.2, 0.25) is 0 Å². The van der Waals surface area contributed by atoms with E-state index in [0.717, 1.165) is 56.3 Å². The van der Waals surface area contributed by atoms with Gasteiger partial charge >= 0.3 is 0 Å². The molecule has 1 saturated carbocycles. The van der Waals surface area contributed by atoms with Crippen molar-refractivity contribution in [3.63, 3.8) is 0 Å². The zero-order chi connectivity index (χ0) is 18.5. The van der Waals surface area contributed by atoms with E-state index in [1.165, 1.54) is 12.8 Å². The third-order valence-electron chi connectivity index (χ3n) is 5.55. The number of hydrogen-bond donors (Lipinski definition) is 1. The van der Waals surface area contributed by atoms with Crippen LogP contribution in [0.15, 0.2) is 12.1 Å². The number of nitriles is 1. The van der Waals surface area contributed by atoms with Crippen LogP contribution >= 0.6 is 0 Å². The summed E-state index contributed by atoms with van der Waals surface area (Å²) in [6, 6.07) is 6.43. The van der Waals surface area contributed by atoms with Crippen molar-refractivity contribution in [2.24, 2.45) is 5.92 Å². The van der Waals surface area contributed by atoms with Crippen molar-refractivity contribution < 1.29 is 4.79 Å². The monoisotopic (exact) mass is 355 g/mol. The van der Waals surface area contributed by atoms with E-state index in [4.69, 9.17) is 5.26 Å². The molecular weight excluding hydrogens is 326 g/mol. The molecule has 6 heteroatoms. The molecule has 2 aliphatic rings. The predicted molar refractivity (Wildman–Crippen MR) is 102 cm³/mol. The molecule has 0 radical (unpaired) electrons. The first-order valence-corrected chi connectivity index (χ1v) is 9.69. The van der Waals surface area contributed by atoms with Crippen LogP contribution in [0.25, 0.3) is 0 Å². The Morgan fingerprint density at radius 1 is 1.31 bits per heavy atom. The maximum atomic E-state index is 12.3. The number of pyridine rings is 1. The molecule has 1 aliphatic carbocycles. The van der Waals surface area contributed by atoms with Crippen molar-refractivity contribution in [2.75, 3.05) is 37.6 Å². The van der Waals surface area contributed by atoms with Gasteiger partial charge in [-0.25, -0.2) is 4.98 Å². The molecule has 1 aliphatic heterocycles. The number of carbonyl (C=O) groups excluding carboxylic acids is 1. The van der Waals surface area contributed by atoms with E-state index in [1.54, 1.807) is 0 Å². The Bertz CT molecular complexity index is 675. The molecule has 1 aromatic heterocycles. The Labute approximate surface area is 156 Å². The zero-order valence-corrected chi connectivity index (χ0v) is 15.9. The van der Waals surface area contributed by atoms with Gasteiger partial charge in [0, 0.05) is 32.2 Å². The Balaban J connectivity index is 1.46. The molecule has 0 aromatic carbocycles. The van der Waals surface area contributed by atoms with Gasteiger partial charge in [-0.2, -0.15) is 5.26 Å². The molecule has 3 rings (SSSR count). The minimum absolute atomic E-state index is 0.151. The highest BCUT2D eigenvalue weighted by atomic mass is 16.2. The Morgan fingerprint density at radius 2 is 2.08 bits per heavy atom. The van der Waals surface area contributed by atoms with Crippen LogP contribution in [0, 0.1) is 24.2 Å². The quantitative estimate of drug-likeness (QED) is 0.895. The van der Waals surface area contributed by atoms with E-state index in [9.17, 15) is 4.79 Å². The van der Waals surface area contributed by atoms with Gasteiger partial charge in [-0.3, -0.25) is 9.69 Å². The van der Waals surface area contributed by atoms with E-state index in [-0.39, 0.29) is 5.91 Å². The molecule has 0 bridgehead atoms. The summed E-state index contributed by atoms with van der Waals surface area (Å²) in [5, 5.41) is 12.4. The predicted octanol–water partition coefficient (Wildman–Crippen LogP) is 2.08. The van der Waals surface area contributed by atoms with Crippen LogP contribution < -0.4 is 10.2 Å². The molecule has 140 valence electrons. The second kappa shape index (κ2) is 8.50. The van der Waals surface area contributed by atoms with Gasteiger partial charge in [0.05, 0.1) is 6.54 Å². The molecule has 1 saturated heterocycles. The summed E-state index contributed by atoms with van der Waals surface area (Å²) >= 11 is 0. The molecule has 1 N–H and O–H groups in total. The van der Waals surface area contributed by atoms with E-state index < -0.39 is 0 Å². The Morgan fingerprint density at radius 3 is 2.77 bits per heavy atom. The fourth-order valence-electron chi connectivity index (χ4n) is 3.98. The molecule has 6 nitrogen and oxygen atoms in total. The van der Waals surface area contributed by atoms with Crippen molar-refractivity contribution in [3.05, 3.63) is 23.4 Å². The first kappa shape index (κ1) is 18.7. The average molecular weight is 355 g/mol. The van der Waals surface area contributed by atoms with Crippen LogP contribution in [0.1, 0.15) is 43.9 Å². The molecule has 1 aromatic rings. The van der Waals surface area contributed by atoms with Gasteiger partial charge in [-0.15, -0.1) is 0 Å². The summed E-state index contributed by atoms with van der Waals surface area (Å²) in [5.41, 5.74) is 1.40. The smallest absolute Gasteiger partial charge is 0.234 e. The largest absolute Gasteiger partial charge is 0.354 e. The van der Waals surface area contributed by atoms with Gasteiger partial charge < -0.3 is 10.2 Å². The molecule has 1 amide bonds. The lowest BCUT2D eigenvalue weighted by Crippen LogP contribution is -2.51. The zero-order valence-electron chi connectivity index (χ0n) is 15.9. The molecule has 2 unspecified atom stereocenters. The highest BCUT2D eigenvalue weighted by Crippen LogP contribution is 2.23. The lowest BCUT2D eigenvalue weighted by Gasteiger charge is -2.35. The van der Waals surface area contributed by atoms with Gasteiger partial charge in [0.25, 0.3) is 0 Å². The molecule has 2 fully saturated rings. The number of carbonyl (C=O) groups is 1. The van der Waals surface area contributed by atoms with Crippen molar-refractivity contribution >= 4 is 11.7 Å². The van der Waals surface area contributed by atoms with Crippen LogP contribution in [-0.4, -0.2) is 54.6 Å². The fourth-order valence-corrected chi connectivity index (χ4v) is 3.98. The summed E-state index contributed by atoms with van der Waals surface area (Å²) in [7, 11) is 0. The number of piperazine rings is 1. The van der Waals surface area contributed by atoms with Crippen molar-refractivity contribution in [1.82, 2.24) is 15.2 Å². The number of aromatic nitrogens is 1. The standard InChI is InChI=1S/C20H29N5O/c1-15-4-3-5-17(12-15)22-20(26)14-24-8-10-25(11-9-24)19-7-6-16(2)18(13-21)23-19/h6-7,15,17H,3-5,8-12,14H2,1-2H3,(H,22,26).